The average molecular weight is 420 g/mol. The lowest BCUT2D eigenvalue weighted by Gasteiger charge is -2.27. The van der Waals surface area contributed by atoms with Gasteiger partial charge in [0.1, 0.15) is 11.0 Å². The number of nitrogens with one attached hydrogen (secondary N) is 1. The third kappa shape index (κ3) is 3.69. The predicted molar refractivity (Wildman–Crippen MR) is 114 cm³/mol. The van der Waals surface area contributed by atoms with Crippen molar-refractivity contribution in [3.63, 3.8) is 0 Å². The van der Waals surface area contributed by atoms with E-state index in [0.29, 0.717) is 18.8 Å². The number of benzene rings is 1. The number of nitrogens with zero attached hydrogens (tertiary/aromatic N) is 6. The van der Waals surface area contributed by atoms with Crippen LogP contribution in [0.25, 0.3) is 11.0 Å². The van der Waals surface area contributed by atoms with E-state index in [-0.39, 0.29) is 5.91 Å². The van der Waals surface area contributed by atoms with Crippen LogP contribution in [-0.4, -0.2) is 40.9 Å². The number of amides is 1. The summed E-state index contributed by atoms with van der Waals surface area (Å²) in [7, 11) is 1.91. The molecule has 30 heavy (non-hydrogen) atoms. The summed E-state index contributed by atoms with van der Waals surface area (Å²) in [5.41, 5.74) is 6.70. The van der Waals surface area contributed by atoms with E-state index in [2.05, 4.69) is 41.2 Å². The van der Waals surface area contributed by atoms with Gasteiger partial charge in [-0.15, -0.1) is 0 Å². The number of rotatable bonds is 5. The van der Waals surface area contributed by atoms with E-state index >= 15 is 0 Å². The van der Waals surface area contributed by atoms with Gasteiger partial charge in [-0.2, -0.15) is 13.8 Å². The molecule has 9 heteroatoms. The lowest BCUT2D eigenvalue weighted by atomic mass is 10.0. The number of aromatic nitrogens is 5. The fourth-order valence-electron chi connectivity index (χ4n) is 3.92. The standard InChI is InChI=1S/C21H21N7OS/c1-27-19-6-8-28(12-14-4-5-17-18(9-14)26-30-25-17)13-16(19)20(24-27)21(29)23-11-15-3-2-7-22-10-15/h2-5,7,9-10H,6,8,11-13H2,1H3,(H,23,29). The summed E-state index contributed by atoms with van der Waals surface area (Å²) in [6, 6.07) is 10.0. The van der Waals surface area contributed by atoms with Gasteiger partial charge in [0.25, 0.3) is 5.91 Å². The Labute approximate surface area is 177 Å². The molecule has 0 unspecified atom stereocenters. The Morgan fingerprint density at radius 3 is 2.97 bits per heavy atom. The third-order valence-corrected chi connectivity index (χ3v) is 5.99. The van der Waals surface area contributed by atoms with Crippen molar-refractivity contribution in [3.05, 3.63) is 70.8 Å². The van der Waals surface area contributed by atoms with Crippen molar-refractivity contribution in [2.75, 3.05) is 6.54 Å². The first-order chi connectivity index (χ1) is 14.7. The van der Waals surface area contributed by atoms with Crippen LogP contribution in [0.3, 0.4) is 0 Å². The number of carbonyl (C=O) groups excluding carboxylic acids is 1. The molecule has 4 heterocycles. The highest BCUT2D eigenvalue weighted by molar-refractivity contribution is 7.00. The molecule has 4 aromatic rings. The summed E-state index contributed by atoms with van der Waals surface area (Å²) in [6.45, 7) is 2.87. The summed E-state index contributed by atoms with van der Waals surface area (Å²) in [5.74, 6) is -0.146. The second-order valence-corrected chi connectivity index (χ2v) is 8.02. The monoisotopic (exact) mass is 419 g/mol. The van der Waals surface area contributed by atoms with E-state index in [1.807, 2.05) is 29.9 Å². The molecule has 0 fully saturated rings. The summed E-state index contributed by atoms with van der Waals surface area (Å²) in [4.78, 5) is 19.3. The molecule has 0 radical (unpaired) electrons. The van der Waals surface area contributed by atoms with Crippen molar-refractivity contribution in [2.24, 2.45) is 7.05 Å². The van der Waals surface area contributed by atoms with Crippen molar-refractivity contribution in [2.45, 2.75) is 26.1 Å². The maximum atomic E-state index is 12.8. The van der Waals surface area contributed by atoms with Crippen molar-refractivity contribution in [1.29, 1.82) is 0 Å². The van der Waals surface area contributed by atoms with E-state index in [9.17, 15) is 4.79 Å². The molecule has 1 aromatic carbocycles. The Kier molecular flexibility index (Phi) is 4.97. The molecule has 1 N–H and O–H groups in total. The maximum absolute atomic E-state index is 12.8. The SMILES string of the molecule is Cn1nc(C(=O)NCc2cccnc2)c2c1CCN(Cc1ccc3nsnc3c1)C2. The van der Waals surface area contributed by atoms with Crippen molar-refractivity contribution < 1.29 is 4.79 Å². The van der Waals surface area contributed by atoms with Crippen molar-refractivity contribution in [1.82, 2.24) is 33.7 Å². The minimum Gasteiger partial charge on any atom is -0.346 e. The van der Waals surface area contributed by atoms with Crippen LogP contribution in [0.4, 0.5) is 0 Å². The normalized spacial score (nSPS) is 14.0. The number of hydrogen-bond donors (Lipinski definition) is 1. The van der Waals surface area contributed by atoms with Crippen LogP contribution in [0.15, 0.2) is 42.7 Å². The minimum absolute atomic E-state index is 0.146. The summed E-state index contributed by atoms with van der Waals surface area (Å²) < 4.78 is 10.4. The topological polar surface area (TPSA) is 88.8 Å². The molecule has 0 spiro atoms. The van der Waals surface area contributed by atoms with Gasteiger partial charge in [-0.1, -0.05) is 12.1 Å². The average Bonchev–Trinajstić information content (AvgIpc) is 3.37. The van der Waals surface area contributed by atoms with Crippen molar-refractivity contribution in [3.8, 4) is 0 Å². The molecule has 0 bridgehead atoms. The lowest BCUT2D eigenvalue weighted by molar-refractivity contribution is 0.0942. The second-order valence-electron chi connectivity index (χ2n) is 7.49. The first-order valence-electron chi connectivity index (χ1n) is 9.83. The van der Waals surface area contributed by atoms with Gasteiger partial charge in [0.15, 0.2) is 5.69 Å². The summed E-state index contributed by atoms with van der Waals surface area (Å²) in [5, 5.41) is 7.50. The van der Waals surface area contributed by atoms with Crippen LogP contribution in [0.2, 0.25) is 0 Å². The second kappa shape index (κ2) is 7.92. The summed E-state index contributed by atoms with van der Waals surface area (Å²) >= 11 is 1.24. The van der Waals surface area contributed by atoms with E-state index < -0.39 is 0 Å². The number of pyridine rings is 1. The van der Waals surface area contributed by atoms with Gasteiger partial charge in [0.2, 0.25) is 0 Å². The molecule has 1 amide bonds. The molecule has 0 aliphatic carbocycles. The van der Waals surface area contributed by atoms with E-state index in [1.165, 1.54) is 17.3 Å². The van der Waals surface area contributed by atoms with Crippen LogP contribution in [0, 0.1) is 0 Å². The number of hydrogen-bond acceptors (Lipinski definition) is 7. The molecule has 3 aromatic heterocycles. The Bertz CT molecular complexity index is 1200. The van der Waals surface area contributed by atoms with Crippen LogP contribution >= 0.6 is 11.7 Å². The van der Waals surface area contributed by atoms with Gasteiger partial charge < -0.3 is 5.32 Å². The Balaban J connectivity index is 1.31. The zero-order chi connectivity index (χ0) is 20.5. The molecule has 0 saturated carbocycles. The van der Waals surface area contributed by atoms with Gasteiger partial charge in [-0.05, 0) is 29.3 Å². The lowest BCUT2D eigenvalue weighted by Crippen LogP contribution is -2.32. The quantitative estimate of drug-likeness (QED) is 0.534. The van der Waals surface area contributed by atoms with E-state index in [1.54, 1.807) is 12.4 Å². The zero-order valence-electron chi connectivity index (χ0n) is 16.6. The molecule has 8 nitrogen and oxygen atoms in total. The van der Waals surface area contributed by atoms with Gasteiger partial charge in [0, 0.05) is 63.3 Å². The molecule has 0 atom stereocenters. The van der Waals surface area contributed by atoms with Gasteiger partial charge >= 0.3 is 0 Å². The first kappa shape index (κ1) is 18.8. The number of aryl methyl sites for hydroxylation is 1. The number of carbonyl (C=O) groups is 1. The third-order valence-electron chi connectivity index (χ3n) is 5.44. The van der Waals surface area contributed by atoms with Crippen LogP contribution < -0.4 is 5.32 Å². The molecule has 1 aliphatic heterocycles. The van der Waals surface area contributed by atoms with Crippen LogP contribution in [-0.2, 0) is 33.1 Å². The Hall–Kier alpha value is -3.17. The van der Waals surface area contributed by atoms with E-state index in [4.69, 9.17) is 0 Å². The van der Waals surface area contributed by atoms with Crippen LogP contribution in [0.1, 0.15) is 32.9 Å². The minimum atomic E-state index is -0.146. The van der Waals surface area contributed by atoms with Gasteiger partial charge in [0.05, 0.1) is 11.7 Å². The Morgan fingerprint density at radius 1 is 1.20 bits per heavy atom. The predicted octanol–water partition coefficient (Wildman–Crippen LogP) is 2.31. The molecular weight excluding hydrogens is 398 g/mol. The molecule has 5 rings (SSSR count). The fourth-order valence-corrected chi connectivity index (χ4v) is 4.44. The highest BCUT2D eigenvalue weighted by Crippen LogP contribution is 2.24. The molecular formula is C21H21N7OS. The largest absolute Gasteiger partial charge is 0.346 e. The summed E-state index contributed by atoms with van der Waals surface area (Å²) in [6.07, 6.45) is 4.34. The zero-order valence-corrected chi connectivity index (χ0v) is 17.4. The number of fused-ring (bicyclic) bond motifs is 2. The highest BCUT2D eigenvalue weighted by atomic mass is 32.1. The van der Waals surface area contributed by atoms with E-state index in [0.717, 1.165) is 47.4 Å². The molecule has 1 aliphatic rings. The van der Waals surface area contributed by atoms with Crippen molar-refractivity contribution >= 4 is 28.7 Å². The smallest absolute Gasteiger partial charge is 0.272 e. The molecule has 0 saturated heterocycles. The Morgan fingerprint density at radius 2 is 2.10 bits per heavy atom. The van der Waals surface area contributed by atoms with Crippen LogP contribution in [0.5, 0.6) is 0 Å². The van der Waals surface area contributed by atoms with Gasteiger partial charge in [-0.3, -0.25) is 19.4 Å². The fraction of sp³-hybridized carbons (Fsp3) is 0.286. The first-order valence-corrected chi connectivity index (χ1v) is 10.6. The molecule has 152 valence electrons. The maximum Gasteiger partial charge on any atom is 0.272 e. The van der Waals surface area contributed by atoms with Gasteiger partial charge in [-0.25, -0.2) is 0 Å². The highest BCUT2D eigenvalue weighted by Gasteiger charge is 2.27.